The van der Waals surface area contributed by atoms with Gasteiger partial charge in [0.05, 0.1) is 5.60 Å². The van der Waals surface area contributed by atoms with E-state index in [1.165, 1.54) is 0 Å². The number of aromatic nitrogens is 2. The largest absolute Gasteiger partial charge is 0.388 e. The number of β-amino-alcohol motifs (C(OH)–C–C–N with tert-alkyl or cyclic N) is 1. The fourth-order valence-electron chi connectivity index (χ4n) is 2.77. The number of anilines is 2. The van der Waals surface area contributed by atoms with Gasteiger partial charge in [0.1, 0.15) is 18.0 Å². The van der Waals surface area contributed by atoms with Crippen LogP contribution in [0.4, 0.5) is 11.6 Å². The molecule has 1 fully saturated rings. The van der Waals surface area contributed by atoms with Gasteiger partial charge in [-0.1, -0.05) is 13.8 Å². The summed E-state index contributed by atoms with van der Waals surface area (Å²) in [4.78, 5) is 10.9. The molecule has 19 heavy (non-hydrogen) atoms. The zero-order valence-electron chi connectivity index (χ0n) is 12.3. The zero-order valence-corrected chi connectivity index (χ0v) is 12.3. The Morgan fingerprint density at radius 3 is 2.74 bits per heavy atom. The van der Waals surface area contributed by atoms with Crippen LogP contribution in [0.2, 0.25) is 0 Å². The molecule has 1 aromatic heterocycles. The molecule has 0 bridgehead atoms. The van der Waals surface area contributed by atoms with E-state index in [1.807, 2.05) is 14.0 Å². The molecule has 0 aromatic carbocycles. The van der Waals surface area contributed by atoms with Crippen LogP contribution >= 0.6 is 0 Å². The van der Waals surface area contributed by atoms with Crippen LogP contribution in [-0.2, 0) is 0 Å². The first-order valence-electron chi connectivity index (χ1n) is 6.94. The van der Waals surface area contributed by atoms with Crippen molar-refractivity contribution in [1.82, 2.24) is 9.97 Å². The molecule has 0 aliphatic carbocycles. The summed E-state index contributed by atoms with van der Waals surface area (Å²) in [5.41, 5.74) is 0.500. The van der Waals surface area contributed by atoms with Crippen LogP contribution in [0.3, 0.4) is 0 Å². The van der Waals surface area contributed by atoms with Crippen LogP contribution in [-0.4, -0.2) is 40.8 Å². The third kappa shape index (κ3) is 2.97. The molecule has 5 heteroatoms. The van der Waals surface area contributed by atoms with Gasteiger partial charge in [0.15, 0.2) is 0 Å². The number of nitrogens with one attached hydrogen (secondary N) is 1. The predicted octanol–water partition coefficient (Wildman–Crippen LogP) is 1.99. The van der Waals surface area contributed by atoms with E-state index in [9.17, 15) is 5.11 Å². The lowest BCUT2D eigenvalue weighted by molar-refractivity contribution is 0.0446. The van der Waals surface area contributed by atoms with Crippen LogP contribution in [0.5, 0.6) is 0 Å². The van der Waals surface area contributed by atoms with Crippen molar-refractivity contribution in [3.63, 3.8) is 0 Å². The zero-order chi connectivity index (χ0) is 14.0. The van der Waals surface area contributed by atoms with Crippen LogP contribution < -0.4 is 10.2 Å². The summed E-state index contributed by atoms with van der Waals surface area (Å²) in [6.45, 7) is 7.76. The van der Waals surface area contributed by atoms with E-state index in [-0.39, 0.29) is 0 Å². The van der Waals surface area contributed by atoms with E-state index < -0.39 is 5.60 Å². The van der Waals surface area contributed by atoms with E-state index in [4.69, 9.17) is 0 Å². The van der Waals surface area contributed by atoms with E-state index in [0.717, 1.165) is 36.6 Å². The van der Waals surface area contributed by atoms with Gasteiger partial charge < -0.3 is 15.3 Å². The first kappa shape index (κ1) is 14.1. The number of hydrogen-bond acceptors (Lipinski definition) is 5. The monoisotopic (exact) mass is 264 g/mol. The molecule has 5 nitrogen and oxygen atoms in total. The number of hydrogen-bond donors (Lipinski definition) is 2. The highest BCUT2D eigenvalue weighted by atomic mass is 16.3. The van der Waals surface area contributed by atoms with Crippen molar-refractivity contribution >= 4 is 11.6 Å². The Morgan fingerprint density at radius 2 is 2.16 bits per heavy atom. The first-order valence-corrected chi connectivity index (χ1v) is 6.94. The maximum atomic E-state index is 10.3. The number of aliphatic hydroxyl groups is 1. The Morgan fingerprint density at radius 1 is 1.42 bits per heavy atom. The maximum absolute atomic E-state index is 10.3. The highest BCUT2D eigenvalue weighted by Gasteiger charge is 2.31. The molecule has 2 heterocycles. The molecule has 0 radical (unpaired) electrons. The molecular weight excluding hydrogens is 240 g/mol. The minimum absolute atomic E-state index is 0.338. The van der Waals surface area contributed by atoms with Gasteiger partial charge in [-0.3, -0.25) is 0 Å². The minimum Gasteiger partial charge on any atom is -0.388 e. The fraction of sp³-hybridized carbons (Fsp3) is 0.714. The molecule has 0 amide bonds. The van der Waals surface area contributed by atoms with Crippen molar-refractivity contribution in [1.29, 1.82) is 0 Å². The third-order valence-corrected chi connectivity index (χ3v) is 3.65. The highest BCUT2D eigenvalue weighted by Crippen LogP contribution is 2.33. The molecule has 1 aliphatic rings. The smallest absolute Gasteiger partial charge is 0.137 e. The molecule has 0 spiro atoms. The van der Waals surface area contributed by atoms with E-state index in [2.05, 4.69) is 34.0 Å². The summed E-state index contributed by atoms with van der Waals surface area (Å²) in [5, 5.41) is 13.4. The molecule has 1 aliphatic heterocycles. The average Bonchev–Trinajstić information content (AvgIpc) is 2.36. The van der Waals surface area contributed by atoms with Crippen molar-refractivity contribution in [2.75, 3.05) is 30.4 Å². The minimum atomic E-state index is -0.628. The van der Waals surface area contributed by atoms with Crippen LogP contribution in [0.15, 0.2) is 6.33 Å². The van der Waals surface area contributed by atoms with Crippen LogP contribution in [0.25, 0.3) is 0 Å². The second-order valence-corrected chi connectivity index (χ2v) is 5.89. The summed E-state index contributed by atoms with van der Waals surface area (Å²) in [7, 11) is 1.88. The highest BCUT2D eigenvalue weighted by molar-refractivity contribution is 5.60. The van der Waals surface area contributed by atoms with Crippen LogP contribution in [0.1, 0.15) is 45.1 Å². The second-order valence-electron chi connectivity index (χ2n) is 5.89. The summed E-state index contributed by atoms with van der Waals surface area (Å²) >= 11 is 0. The third-order valence-electron chi connectivity index (χ3n) is 3.65. The Bertz CT molecular complexity index is 445. The second kappa shape index (κ2) is 5.33. The van der Waals surface area contributed by atoms with E-state index >= 15 is 0 Å². The van der Waals surface area contributed by atoms with E-state index in [1.54, 1.807) is 6.33 Å². The SMILES string of the molecule is CNc1ncnc(N2CCCC(C)(O)C2)c1C(C)C. The molecular formula is C14H24N4O. The molecule has 0 saturated carbocycles. The van der Waals surface area contributed by atoms with Crippen molar-refractivity contribution in [3.05, 3.63) is 11.9 Å². The van der Waals surface area contributed by atoms with Crippen molar-refractivity contribution in [2.45, 2.75) is 45.1 Å². The lowest BCUT2D eigenvalue weighted by Crippen LogP contribution is -2.46. The van der Waals surface area contributed by atoms with Gasteiger partial charge in [-0.25, -0.2) is 9.97 Å². The van der Waals surface area contributed by atoms with Gasteiger partial charge in [-0.15, -0.1) is 0 Å². The number of rotatable bonds is 3. The number of piperidine rings is 1. The summed E-state index contributed by atoms with van der Waals surface area (Å²) in [6.07, 6.45) is 3.43. The number of nitrogens with zero attached hydrogens (tertiary/aromatic N) is 3. The predicted molar refractivity (Wildman–Crippen MR) is 77.7 cm³/mol. The van der Waals surface area contributed by atoms with Gasteiger partial charge in [0, 0.05) is 25.7 Å². The van der Waals surface area contributed by atoms with Crippen molar-refractivity contribution in [2.24, 2.45) is 0 Å². The molecule has 1 saturated heterocycles. The Kier molecular flexibility index (Phi) is 3.94. The molecule has 1 aromatic rings. The Labute approximate surface area is 115 Å². The van der Waals surface area contributed by atoms with Crippen molar-refractivity contribution in [3.8, 4) is 0 Å². The summed E-state index contributed by atoms with van der Waals surface area (Å²) in [6, 6.07) is 0. The molecule has 2 rings (SSSR count). The normalized spacial score (nSPS) is 23.8. The summed E-state index contributed by atoms with van der Waals surface area (Å²) < 4.78 is 0. The topological polar surface area (TPSA) is 61.3 Å². The van der Waals surface area contributed by atoms with Crippen molar-refractivity contribution < 1.29 is 5.11 Å². The van der Waals surface area contributed by atoms with Gasteiger partial charge in [-0.05, 0) is 25.7 Å². The Balaban J connectivity index is 2.38. The Hall–Kier alpha value is -1.36. The van der Waals surface area contributed by atoms with Crippen LogP contribution in [0, 0.1) is 0 Å². The molecule has 1 atom stereocenters. The lowest BCUT2D eigenvalue weighted by atomic mass is 9.94. The van der Waals surface area contributed by atoms with Gasteiger partial charge in [-0.2, -0.15) is 0 Å². The average molecular weight is 264 g/mol. The summed E-state index contributed by atoms with van der Waals surface area (Å²) in [5.74, 6) is 2.17. The lowest BCUT2D eigenvalue weighted by Gasteiger charge is -2.38. The fourth-order valence-corrected chi connectivity index (χ4v) is 2.77. The molecule has 106 valence electrons. The van der Waals surface area contributed by atoms with E-state index in [0.29, 0.717) is 12.5 Å². The maximum Gasteiger partial charge on any atom is 0.137 e. The standard InChI is InChI=1S/C14H24N4O/c1-10(2)11-12(15-4)16-9-17-13(11)18-7-5-6-14(3,19)8-18/h9-10,19H,5-8H2,1-4H3,(H,15,16,17). The molecule has 1 unspecified atom stereocenters. The molecule has 2 N–H and O–H groups in total. The van der Waals surface area contributed by atoms with Gasteiger partial charge in [0.25, 0.3) is 0 Å². The quantitative estimate of drug-likeness (QED) is 0.874. The van der Waals surface area contributed by atoms with Gasteiger partial charge in [0.2, 0.25) is 0 Å². The first-order chi connectivity index (χ1) is 8.94. The van der Waals surface area contributed by atoms with Gasteiger partial charge >= 0.3 is 0 Å².